The maximum atomic E-state index is 13.7. The van der Waals surface area contributed by atoms with Gasteiger partial charge in [0.2, 0.25) is 5.78 Å². The van der Waals surface area contributed by atoms with Crippen LogP contribution >= 0.6 is 23.2 Å². The molecule has 0 spiro atoms. The Morgan fingerprint density at radius 1 is 1.15 bits per heavy atom. The van der Waals surface area contributed by atoms with E-state index in [-0.39, 0.29) is 22.6 Å². The van der Waals surface area contributed by atoms with Gasteiger partial charge in [0.1, 0.15) is 17.9 Å². The highest BCUT2D eigenvalue weighted by Crippen LogP contribution is 2.27. The number of ketones is 2. The highest BCUT2D eigenvalue weighted by atomic mass is 35.5. The van der Waals surface area contributed by atoms with Crippen LogP contribution in [0.3, 0.4) is 0 Å². The molecule has 0 aliphatic carbocycles. The molecule has 0 aliphatic heterocycles. The number of carbonyl (C=O) groups is 2. The van der Waals surface area contributed by atoms with E-state index >= 15 is 0 Å². The fraction of sp³-hybridized carbons (Fsp3) is 0.368. The lowest BCUT2D eigenvalue weighted by molar-refractivity contribution is -0.709. The molecule has 0 saturated carbocycles. The number of Topliss-reactive ketones (excluding diaryl/α,β-unsaturated/α-hetero) is 2. The van der Waals surface area contributed by atoms with Gasteiger partial charge in [-0.05, 0) is 52.3 Å². The zero-order valence-corrected chi connectivity index (χ0v) is 16.8. The van der Waals surface area contributed by atoms with Crippen LogP contribution in [0.25, 0.3) is 0 Å². The Kier molecular flexibility index (Phi) is 6.27. The average molecular weight is 400 g/mol. The smallest absolute Gasteiger partial charge is 0.235 e. The van der Waals surface area contributed by atoms with E-state index in [4.69, 9.17) is 23.2 Å². The van der Waals surface area contributed by atoms with Crippen molar-refractivity contribution in [2.24, 2.45) is 0 Å². The number of aromatic amines is 1. The normalized spacial score (nSPS) is 13.5. The zero-order valence-electron chi connectivity index (χ0n) is 15.3. The van der Waals surface area contributed by atoms with Gasteiger partial charge < -0.3 is 10.3 Å². The largest absolute Gasteiger partial charge is 0.355 e. The monoisotopic (exact) mass is 399 g/mol. The van der Waals surface area contributed by atoms with Crippen molar-refractivity contribution in [3.8, 4) is 0 Å². The third-order valence-corrected chi connectivity index (χ3v) is 5.17. The molecule has 4 nitrogen and oxygen atoms in total. The summed E-state index contributed by atoms with van der Waals surface area (Å²) in [5, 5.41) is 2.12. The summed E-state index contributed by atoms with van der Waals surface area (Å²) in [7, 11) is 0. The molecule has 2 aromatic rings. The Labute approximate surface area is 162 Å². The number of carbonyl (C=O) groups excluding carboxylic acids is 2. The van der Waals surface area contributed by atoms with E-state index in [1.54, 1.807) is 26.1 Å². The molecular weight excluding hydrogens is 378 g/mol. The molecule has 0 radical (unpaired) electrons. The first-order chi connectivity index (χ1) is 12.0. The molecule has 7 heteroatoms. The van der Waals surface area contributed by atoms with Gasteiger partial charge in [-0.15, -0.1) is 0 Å². The van der Waals surface area contributed by atoms with Crippen molar-refractivity contribution in [3.05, 3.63) is 56.1 Å². The van der Waals surface area contributed by atoms with Crippen LogP contribution in [0.1, 0.15) is 64.5 Å². The van der Waals surface area contributed by atoms with Crippen LogP contribution in [0.4, 0.5) is 4.39 Å². The van der Waals surface area contributed by atoms with Gasteiger partial charge in [0.15, 0.2) is 5.78 Å². The number of halogens is 3. The average Bonchev–Trinajstić information content (AvgIpc) is 2.84. The van der Waals surface area contributed by atoms with Crippen LogP contribution in [0.2, 0.25) is 10.0 Å². The van der Waals surface area contributed by atoms with Crippen LogP contribution in [0.15, 0.2) is 12.1 Å². The van der Waals surface area contributed by atoms with Crippen LogP contribution in [0, 0.1) is 19.7 Å². The number of hydrogen-bond acceptors (Lipinski definition) is 2. The van der Waals surface area contributed by atoms with Gasteiger partial charge in [-0.1, -0.05) is 23.2 Å². The summed E-state index contributed by atoms with van der Waals surface area (Å²) < 4.78 is 13.7. The Morgan fingerprint density at radius 3 is 2.31 bits per heavy atom. The number of quaternary nitrogens is 1. The Hall–Kier alpha value is -1.69. The maximum absolute atomic E-state index is 13.7. The van der Waals surface area contributed by atoms with Crippen LogP contribution in [-0.4, -0.2) is 22.6 Å². The second kappa shape index (κ2) is 7.91. The summed E-state index contributed by atoms with van der Waals surface area (Å²) in [6.07, 6.45) is 0. The summed E-state index contributed by atoms with van der Waals surface area (Å²) in [4.78, 5) is 27.6. The van der Waals surface area contributed by atoms with Gasteiger partial charge in [-0.25, -0.2) is 4.39 Å². The first kappa shape index (κ1) is 20.6. The Morgan fingerprint density at radius 2 is 1.77 bits per heavy atom. The zero-order chi connectivity index (χ0) is 19.8. The predicted octanol–water partition coefficient (Wildman–Crippen LogP) is 4.18. The van der Waals surface area contributed by atoms with Gasteiger partial charge in [0.05, 0.1) is 15.7 Å². The van der Waals surface area contributed by atoms with Gasteiger partial charge in [0.25, 0.3) is 0 Å². The van der Waals surface area contributed by atoms with E-state index in [0.29, 0.717) is 33.1 Å². The number of hydrogen-bond donors (Lipinski definition) is 2. The van der Waals surface area contributed by atoms with E-state index in [2.05, 4.69) is 4.98 Å². The molecule has 1 aromatic carbocycles. The summed E-state index contributed by atoms with van der Waals surface area (Å²) >= 11 is 11.9. The minimum atomic E-state index is -0.549. The Bertz CT molecular complexity index is 877. The third-order valence-electron chi connectivity index (χ3n) is 4.56. The SMILES string of the molecule is CC(=O)c1c(C)[nH]c(C(=O)[C@H](C)[NH2+][C@@H](C)c2cc(F)c(Cl)cc2Cl)c1C. The lowest BCUT2D eigenvalue weighted by Crippen LogP contribution is -2.91. The summed E-state index contributed by atoms with van der Waals surface area (Å²) in [5.41, 5.74) is 2.88. The quantitative estimate of drug-likeness (QED) is 0.565. The topological polar surface area (TPSA) is 66.5 Å². The third kappa shape index (κ3) is 4.00. The van der Waals surface area contributed by atoms with E-state index in [0.717, 1.165) is 0 Å². The summed E-state index contributed by atoms with van der Waals surface area (Å²) in [6, 6.07) is 1.96. The first-order valence-corrected chi connectivity index (χ1v) is 9.03. The molecule has 0 saturated heterocycles. The molecule has 140 valence electrons. The highest BCUT2D eigenvalue weighted by molar-refractivity contribution is 6.35. The maximum Gasteiger partial charge on any atom is 0.235 e. The molecule has 0 bridgehead atoms. The number of rotatable bonds is 6. The number of aromatic nitrogens is 1. The molecule has 3 N–H and O–H groups in total. The molecule has 1 heterocycles. The fourth-order valence-electron chi connectivity index (χ4n) is 3.26. The number of H-pyrrole nitrogens is 1. The second-order valence-electron chi connectivity index (χ2n) is 6.60. The molecule has 26 heavy (non-hydrogen) atoms. The van der Waals surface area contributed by atoms with Crippen molar-refractivity contribution in [3.63, 3.8) is 0 Å². The summed E-state index contributed by atoms with van der Waals surface area (Å²) in [5.74, 6) is -0.758. The predicted molar refractivity (Wildman–Crippen MR) is 101 cm³/mol. The van der Waals surface area contributed by atoms with Gasteiger partial charge >= 0.3 is 0 Å². The van der Waals surface area contributed by atoms with Crippen molar-refractivity contribution in [2.75, 3.05) is 0 Å². The van der Waals surface area contributed by atoms with Gasteiger partial charge in [0, 0.05) is 16.8 Å². The first-order valence-electron chi connectivity index (χ1n) is 8.28. The number of nitrogens with one attached hydrogen (secondary N) is 1. The van der Waals surface area contributed by atoms with Crippen LogP contribution < -0.4 is 5.32 Å². The number of aryl methyl sites for hydroxylation is 1. The minimum absolute atomic E-state index is 0.0377. The van der Waals surface area contributed by atoms with Gasteiger partial charge in [-0.3, -0.25) is 9.59 Å². The van der Waals surface area contributed by atoms with E-state index in [1.165, 1.54) is 19.1 Å². The Balaban J connectivity index is 2.24. The highest BCUT2D eigenvalue weighted by Gasteiger charge is 2.28. The molecule has 0 amide bonds. The van der Waals surface area contributed by atoms with Crippen LogP contribution in [0.5, 0.6) is 0 Å². The minimum Gasteiger partial charge on any atom is -0.355 e. The molecule has 1 aromatic heterocycles. The van der Waals surface area contributed by atoms with Crippen molar-refractivity contribution < 1.29 is 19.3 Å². The molecular formula is C19H22Cl2FN2O2+. The second-order valence-corrected chi connectivity index (χ2v) is 7.42. The molecule has 0 fully saturated rings. The molecule has 0 aliphatic rings. The van der Waals surface area contributed by atoms with Crippen molar-refractivity contribution in [1.29, 1.82) is 0 Å². The number of nitrogens with two attached hydrogens (primary N) is 1. The van der Waals surface area contributed by atoms with E-state index < -0.39 is 11.9 Å². The van der Waals surface area contributed by atoms with Crippen molar-refractivity contribution in [2.45, 2.75) is 46.7 Å². The standard InChI is InChI=1S/C19H21Cl2FN2O2/c1-8-17(12(5)25)10(3)24-18(8)19(26)11(4)23-9(2)13-6-16(22)15(21)7-14(13)20/h6-7,9,11,23-24H,1-5H3/p+1/t9-,11-/m0/s1. The lowest BCUT2D eigenvalue weighted by atomic mass is 10.0. The lowest BCUT2D eigenvalue weighted by Gasteiger charge is -2.17. The van der Waals surface area contributed by atoms with E-state index in [1.807, 2.05) is 6.92 Å². The van der Waals surface area contributed by atoms with Crippen LogP contribution in [-0.2, 0) is 0 Å². The molecule has 2 rings (SSSR count). The van der Waals surface area contributed by atoms with Gasteiger partial charge in [-0.2, -0.15) is 0 Å². The van der Waals surface area contributed by atoms with Crippen molar-refractivity contribution >= 4 is 34.8 Å². The molecule has 0 unspecified atom stereocenters. The number of benzene rings is 1. The fourth-order valence-corrected chi connectivity index (χ4v) is 3.82. The summed E-state index contributed by atoms with van der Waals surface area (Å²) in [6.45, 7) is 8.61. The van der Waals surface area contributed by atoms with Crippen molar-refractivity contribution in [1.82, 2.24) is 4.98 Å². The van der Waals surface area contributed by atoms with E-state index in [9.17, 15) is 14.0 Å². The molecule has 2 atom stereocenters.